The zero-order chi connectivity index (χ0) is 32.2. The molecule has 0 saturated heterocycles. The van der Waals surface area contributed by atoms with E-state index in [0.29, 0.717) is 0 Å². The Balaban J connectivity index is 1.63. The van der Waals surface area contributed by atoms with E-state index in [4.69, 9.17) is 9.47 Å². The lowest BCUT2D eigenvalue weighted by molar-refractivity contribution is 0.133. The first-order valence-corrected chi connectivity index (χ1v) is 18.9. The minimum absolute atomic E-state index is 0.0667. The molecule has 2 aliphatic carbocycles. The molecule has 2 atom stereocenters. The lowest BCUT2D eigenvalue weighted by Crippen LogP contribution is -2.31. The molecule has 4 aromatic rings. The van der Waals surface area contributed by atoms with E-state index in [1.54, 1.807) is 0 Å². The van der Waals surface area contributed by atoms with Gasteiger partial charge in [-0.05, 0) is 94.6 Å². The Labute approximate surface area is 278 Å². The fourth-order valence-electron chi connectivity index (χ4n) is 6.53. The molecule has 0 saturated carbocycles. The first-order valence-electron chi connectivity index (χ1n) is 16.1. The van der Waals surface area contributed by atoms with Crippen LogP contribution in [0.1, 0.15) is 35.1 Å². The van der Waals surface area contributed by atoms with Gasteiger partial charge in [0.2, 0.25) is 0 Å². The van der Waals surface area contributed by atoms with Gasteiger partial charge in [0.1, 0.15) is 5.76 Å². The summed E-state index contributed by atoms with van der Waals surface area (Å²) in [6.07, 6.45) is 10.9. The average molecular weight is 643 g/mol. The molecule has 0 N–H and O–H groups in total. The minimum Gasteiger partial charge on any atom is -0.496 e. The van der Waals surface area contributed by atoms with Gasteiger partial charge in [0.05, 0.1) is 13.2 Å². The number of ether oxygens (including phenoxy) is 2. The summed E-state index contributed by atoms with van der Waals surface area (Å²) in [7, 11) is 2.06. The van der Waals surface area contributed by atoms with Gasteiger partial charge in [-0.3, -0.25) is 0 Å². The average Bonchev–Trinajstić information content (AvgIpc) is 3.08. The standard InChI is InChI=1S/C42H44O2P2/c1-29-13-21-33(22-14-29)45(34-23-15-30(2)16-24-34)39-11-7-9-37(43-5)41(39)42-38(44-6)10-8-12-40(42)46(35-25-17-31(3)18-26-35)36-27-19-32(4)20-28-36/h7-9,12-28,38-39H,10-11H2,1-6H3/t38-,39-/m1/s1. The third-order valence-electron chi connectivity index (χ3n) is 9.01. The second-order valence-electron chi connectivity index (χ2n) is 12.3. The highest BCUT2D eigenvalue weighted by atomic mass is 31.1. The maximum atomic E-state index is 6.41. The predicted molar refractivity (Wildman–Crippen MR) is 200 cm³/mol. The van der Waals surface area contributed by atoms with Crippen molar-refractivity contribution in [3.63, 3.8) is 0 Å². The molecule has 4 aromatic carbocycles. The number of methoxy groups -OCH3 is 2. The van der Waals surface area contributed by atoms with E-state index in [9.17, 15) is 0 Å². The molecule has 234 valence electrons. The molecular formula is C42H44O2P2. The molecule has 2 aliphatic rings. The summed E-state index contributed by atoms with van der Waals surface area (Å²) in [5.41, 5.74) is 7.93. The van der Waals surface area contributed by atoms with Crippen LogP contribution in [0, 0.1) is 27.7 Å². The van der Waals surface area contributed by atoms with E-state index >= 15 is 0 Å². The number of allylic oxidation sites excluding steroid dienone is 4. The van der Waals surface area contributed by atoms with Crippen molar-refractivity contribution >= 4 is 37.1 Å². The zero-order valence-corrected chi connectivity index (χ0v) is 29.6. The third kappa shape index (κ3) is 6.77. The Morgan fingerprint density at radius 2 is 0.957 bits per heavy atom. The molecule has 0 fully saturated rings. The predicted octanol–water partition coefficient (Wildman–Crippen LogP) is 8.94. The Kier molecular flexibility index (Phi) is 10.2. The monoisotopic (exact) mass is 642 g/mol. The van der Waals surface area contributed by atoms with Crippen molar-refractivity contribution in [1.82, 2.24) is 0 Å². The Morgan fingerprint density at radius 3 is 1.39 bits per heavy atom. The van der Waals surface area contributed by atoms with Crippen molar-refractivity contribution in [3.05, 3.63) is 166 Å². The summed E-state index contributed by atoms with van der Waals surface area (Å²) in [6.45, 7) is 8.67. The van der Waals surface area contributed by atoms with E-state index in [1.807, 2.05) is 14.2 Å². The number of aryl methyl sites for hydroxylation is 4. The van der Waals surface area contributed by atoms with Crippen LogP contribution in [-0.2, 0) is 9.47 Å². The van der Waals surface area contributed by atoms with Gasteiger partial charge < -0.3 is 9.47 Å². The van der Waals surface area contributed by atoms with Crippen LogP contribution in [0.25, 0.3) is 0 Å². The molecule has 0 aromatic heterocycles. The molecular weight excluding hydrogens is 598 g/mol. The van der Waals surface area contributed by atoms with Gasteiger partial charge in [-0.1, -0.05) is 138 Å². The van der Waals surface area contributed by atoms with Crippen molar-refractivity contribution in [2.75, 3.05) is 14.2 Å². The van der Waals surface area contributed by atoms with Gasteiger partial charge in [0.15, 0.2) is 0 Å². The smallest absolute Gasteiger partial charge is 0.122 e. The quantitative estimate of drug-likeness (QED) is 0.170. The number of hydrogen-bond acceptors (Lipinski definition) is 2. The minimum atomic E-state index is -0.864. The highest BCUT2D eigenvalue weighted by Crippen LogP contribution is 2.55. The molecule has 0 bridgehead atoms. The van der Waals surface area contributed by atoms with Crippen LogP contribution in [0.4, 0.5) is 0 Å². The fourth-order valence-corrected chi connectivity index (χ4v) is 11.9. The van der Waals surface area contributed by atoms with E-state index in [-0.39, 0.29) is 11.8 Å². The van der Waals surface area contributed by atoms with Crippen LogP contribution in [0.5, 0.6) is 0 Å². The Morgan fingerprint density at radius 1 is 0.522 bits per heavy atom. The summed E-state index contributed by atoms with van der Waals surface area (Å²) in [5.74, 6) is 0.954. The van der Waals surface area contributed by atoms with E-state index in [1.165, 1.54) is 59.9 Å². The van der Waals surface area contributed by atoms with Crippen molar-refractivity contribution in [2.45, 2.75) is 52.3 Å². The zero-order valence-electron chi connectivity index (χ0n) is 27.8. The molecule has 0 aliphatic heterocycles. The third-order valence-corrected chi connectivity index (χ3v) is 14.3. The topological polar surface area (TPSA) is 18.5 Å². The first kappa shape index (κ1) is 32.4. The van der Waals surface area contributed by atoms with Crippen LogP contribution in [0.2, 0.25) is 0 Å². The molecule has 0 heterocycles. The molecule has 0 spiro atoms. The molecule has 4 heteroatoms. The number of benzene rings is 4. The molecule has 0 radical (unpaired) electrons. The maximum absolute atomic E-state index is 6.41. The summed E-state index contributed by atoms with van der Waals surface area (Å²) >= 11 is 0. The van der Waals surface area contributed by atoms with E-state index in [2.05, 4.69) is 149 Å². The summed E-state index contributed by atoms with van der Waals surface area (Å²) in [6, 6.07) is 36.7. The molecule has 46 heavy (non-hydrogen) atoms. The normalized spacial score (nSPS) is 18.2. The molecule has 2 nitrogen and oxygen atoms in total. The van der Waals surface area contributed by atoms with Gasteiger partial charge in [-0.2, -0.15) is 0 Å². The molecule has 6 rings (SSSR count). The highest BCUT2D eigenvalue weighted by Gasteiger charge is 2.38. The Hall–Kier alpha value is -3.54. The highest BCUT2D eigenvalue weighted by molar-refractivity contribution is 7.77. The summed E-state index contributed by atoms with van der Waals surface area (Å²) in [5, 5.41) is 6.83. The van der Waals surface area contributed by atoms with Gasteiger partial charge in [-0.25, -0.2) is 0 Å². The fraction of sp³-hybridized carbons (Fsp3) is 0.238. The SMILES string of the molecule is COC1=C(C2=C(P(c3ccc(C)cc3)c3ccc(C)cc3)C=CC[C@H]2OC)[C@H](P(c2ccc(C)cc2)c2ccc(C)cc2)CC=C1. The van der Waals surface area contributed by atoms with Crippen LogP contribution < -0.4 is 21.2 Å². The summed E-state index contributed by atoms with van der Waals surface area (Å²) < 4.78 is 12.7. The largest absolute Gasteiger partial charge is 0.496 e. The lowest BCUT2D eigenvalue weighted by Gasteiger charge is -2.38. The second kappa shape index (κ2) is 14.5. The summed E-state index contributed by atoms with van der Waals surface area (Å²) in [4.78, 5) is 0. The van der Waals surface area contributed by atoms with Gasteiger partial charge in [-0.15, -0.1) is 0 Å². The molecule has 0 unspecified atom stereocenters. The molecule has 0 amide bonds. The number of hydrogen-bond donors (Lipinski definition) is 0. The first-order chi connectivity index (χ1) is 22.4. The maximum Gasteiger partial charge on any atom is 0.122 e. The van der Waals surface area contributed by atoms with E-state index in [0.717, 1.165) is 18.6 Å². The van der Waals surface area contributed by atoms with Crippen molar-refractivity contribution in [1.29, 1.82) is 0 Å². The lowest BCUT2D eigenvalue weighted by atomic mass is 9.88. The second-order valence-corrected chi connectivity index (χ2v) is 16.9. The van der Waals surface area contributed by atoms with Crippen molar-refractivity contribution in [3.8, 4) is 0 Å². The van der Waals surface area contributed by atoms with Gasteiger partial charge in [0, 0.05) is 18.3 Å². The van der Waals surface area contributed by atoms with Crippen LogP contribution in [-0.4, -0.2) is 26.0 Å². The van der Waals surface area contributed by atoms with Crippen LogP contribution in [0.15, 0.2) is 144 Å². The Bertz CT molecular complexity index is 1690. The van der Waals surface area contributed by atoms with Crippen molar-refractivity contribution in [2.24, 2.45) is 0 Å². The van der Waals surface area contributed by atoms with Gasteiger partial charge in [0.25, 0.3) is 0 Å². The van der Waals surface area contributed by atoms with Crippen LogP contribution >= 0.6 is 15.8 Å². The van der Waals surface area contributed by atoms with Crippen LogP contribution in [0.3, 0.4) is 0 Å². The number of rotatable bonds is 9. The van der Waals surface area contributed by atoms with E-state index < -0.39 is 15.8 Å². The van der Waals surface area contributed by atoms with Gasteiger partial charge >= 0.3 is 0 Å². The van der Waals surface area contributed by atoms with Crippen molar-refractivity contribution < 1.29 is 9.47 Å².